The first-order valence-electron chi connectivity index (χ1n) is 8.73. The van der Waals surface area contributed by atoms with Gasteiger partial charge in [-0.3, -0.25) is 4.79 Å². The van der Waals surface area contributed by atoms with E-state index in [0.717, 1.165) is 5.56 Å². The van der Waals surface area contributed by atoms with Gasteiger partial charge in [-0.25, -0.2) is 8.42 Å². The number of hydrogen-bond donors (Lipinski definition) is 1. The Hall–Kier alpha value is -2.13. The van der Waals surface area contributed by atoms with E-state index in [0.29, 0.717) is 24.7 Å². The molecule has 0 unspecified atom stereocenters. The summed E-state index contributed by atoms with van der Waals surface area (Å²) in [6, 6.07) is 11.7. The van der Waals surface area contributed by atoms with E-state index in [2.05, 4.69) is 5.32 Å². The molecule has 9 heteroatoms. The molecular weight excluding hydrogens is 404 g/mol. The number of sulfonamides is 1. The fourth-order valence-corrected chi connectivity index (χ4v) is 4.67. The van der Waals surface area contributed by atoms with Crippen molar-refractivity contribution in [2.24, 2.45) is 0 Å². The van der Waals surface area contributed by atoms with Gasteiger partial charge < -0.3 is 14.8 Å². The lowest BCUT2D eigenvalue weighted by Gasteiger charge is -2.26. The Bertz CT molecular complexity index is 959. The zero-order valence-corrected chi connectivity index (χ0v) is 16.9. The molecule has 1 N–H and O–H groups in total. The molecule has 0 bridgehead atoms. The van der Waals surface area contributed by atoms with Crippen LogP contribution in [-0.2, 0) is 19.6 Å². The molecule has 0 aliphatic carbocycles. The first-order chi connectivity index (χ1) is 13.4. The summed E-state index contributed by atoms with van der Waals surface area (Å²) >= 11 is 6.12. The van der Waals surface area contributed by atoms with E-state index in [-0.39, 0.29) is 29.6 Å². The summed E-state index contributed by atoms with van der Waals surface area (Å²) in [6.45, 7) is 2.89. The van der Waals surface area contributed by atoms with Crippen molar-refractivity contribution < 1.29 is 22.7 Å². The fraction of sp³-hybridized carbons (Fsp3) is 0.316. The van der Waals surface area contributed by atoms with Gasteiger partial charge in [-0.2, -0.15) is 4.31 Å². The summed E-state index contributed by atoms with van der Waals surface area (Å²) in [4.78, 5) is 12.2. The number of carbonyl (C=O) groups excluding carboxylic acids is 1. The minimum Gasteiger partial charge on any atom is -0.483 e. The Morgan fingerprint density at radius 1 is 1.21 bits per heavy atom. The molecule has 28 heavy (non-hydrogen) atoms. The molecule has 1 heterocycles. The Morgan fingerprint density at radius 2 is 1.93 bits per heavy atom. The second-order valence-electron chi connectivity index (χ2n) is 6.26. The van der Waals surface area contributed by atoms with Crippen LogP contribution in [0.15, 0.2) is 47.4 Å². The summed E-state index contributed by atoms with van der Waals surface area (Å²) in [5.74, 6) is 0.213. The Morgan fingerprint density at radius 3 is 2.64 bits per heavy atom. The average Bonchev–Trinajstić information content (AvgIpc) is 2.69. The fourth-order valence-electron chi connectivity index (χ4n) is 2.76. The second-order valence-corrected chi connectivity index (χ2v) is 8.58. The van der Waals surface area contributed by atoms with Crippen LogP contribution in [0.3, 0.4) is 0 Å². The van der Waals surface area contributed by atoms with E-state index in [1.807, 2.05) is 25.1 Å². The molecule has 2 aromatic carbocycles. The number of morpholine rings is 1. The number of benzene rings is 2. The molecule has 0 spiro atoms. The Kier molecular flexibility index (Phi) is 6.56. The van der Waals surface area contributed by atoms with Gasteiger partial charge in [0.25, 0.3) is 5.91 Å². The lowest BCUT2D eigenvalue weighted by Crippen LogP contribution is -2.40. The number of aryl methyl sites for hydroxylation is 1. The molecule has 0 atom stereocenters. The molecule has 1 amide bonds. The third-order valence-corrected chi connectivity index (χ3v) is 6.64. The largest absolute Gasteiger partial charge is 0.483 e. The molecular formula is C19H21ClN2O5S. The zero-order chi connectivity index (χ0) is 20.1. The first-order valence-corrected chi connectivity index (χ1v) is 10.6. The van der Waals surface area contributed by atoms with Gasteiger partial charge in [-0.05, 0) is 36.8 Å². The quantitative estimate of drug-likeness (QED) is 0.770. The van der Waals surface area contributed by atoms with Gasteiger partial charge in [0.1, 0.15) is 10.6 Å². The van der Waals surface area contributed by atoms with E-state index >= 15 is 0 Å². The van der Waals surface area contributed by atoms with Crippen LogP contribution < -0.4 is 10.1 Å². The Balaban J connectivity index is 1.70. The SMILES string of the molecule is Cc1ccccc1OCC(=O)Nc1ccc(Cl)c(S(=O)(=O)N2CCOCC2)c1. The maximum absolute atomic E-state index is 12.8. The van der Waals surface area contributed by atoms with Crippen molar-refractivity contribution in [3.8, 4) is 5.75 Å². The summed E-state index contributed by atoms with van der Waals surface area (Å²) in [5.41, 5.74) is 1.25. The summed E-state index contributed by atoms with van der Waals surface area (Å²) in [5, 5.41) is 2.74. The lowest BCUT2D eigenvalue weighted by atomic mass is 10.2. The molecule has 3 rings (SSSR count). The van der Waals surface area contributed by atoms with Crippen molar-refractivity contribution in [2.45, 2.75) is 11.8 Å². The maximum atomic E-state index is 12.8. The standard InChI is InChI=1S/C19H21ClN2O5S/c1-14-4-2-3-5-17(14)27-13-19(23)21-15-6-7-16(20)18(12-15)28(24,25)22-8-10-26-11-9-22/h2-7,12H,8-11,13H2,1H3,(H,21,23). The third-order valence-electron chi connectivity index (χ3n) is 4.26. The number of rotatable bonds is 6. The van der Waals surface area contributed by atoms with E-state index in [1.165, 1.54) is 16.4 Å². The van der Waals surface area contributed by atoms with Crippen LogP contribution in [0.4, 0.5) is 5.69 Å². The smallest absolute Gasteiger partial charge is 0.262 e. The topological polar surface area (TPSA) is 84.9 Å². The number of carbonyl (C=O) groups is 1. The van der Waals surface area contributed by atoms with Crippen molar-refractivity contribution in [1.82, 2.24) is 4.31 Å². The molecule has 1 aliphatic rings. The molecule has 1 aliphatic heterocycles. The number of hydrogen-bond acceptors (Lipinski definition) is 5. The van der Waals surface area contributed by atoms with Crippen LogP contribution >= 0.6 is 11.6 Å². The predicted octanol–water partition coefficient (Wildman–Crippen LogP) is 2.69. The van der Waals surface area contributed by atoms with E-state index < -0.39 is 15.9 Å². The van der Waals surface area contributed by atoms with Crippen LogP contribution in [-0.4, -0.2) is 51.5 Å². The number of amides is 1. The number of para-hydroxylation sites is 1. The van der Waals surface area contributed by atoms with Crippen LogP contribution in [0.25, 0.3) is 0 Å². The van der Waals surface area contributed by atoms with E-state index in [4.69, 9.17) is 21.1 Å². The summed E-state index contributed by atoms with van der Waals surface area (Å²) in [6.07, 6.45) is 0. The highest BCUT2D eigenvalue weighted by atomic mass is 35.5. The summed E-state index contributed by atoms with van der Waals surface area (Å²) in [7, 11) is -3.77. The van der Waals surface area contributed by atoms with Crippen molar-refractivity contribution in [3.05, 3.63) is 53.1 Å². The molecule has 7 nitrogen and oxygen atoms in total. The third kappa shape index (κ3) is 4.82. The summed E-state index contributed by atoms with van der Waals surface area (Å²) < 4.78 is 37.7. The minimum absolute atomic E-state index is 0.0475. The predicted molar refractivity (Wildman–Crippen MR) is 106 cm³/mol. The van der Waals surface area contributed by atoms with Crippen LogP contribution in [0.2, 0.25) is 5.02 Å². The minimum atomic E-state index is -3.77. The molecule has 1 fully saturated rings. The molecule has 150 valence electrons. The van der Waals surface area contributed by atoms with Gasteiger partial charge in [0.15, 0.2) is 6.61 Å². The molecule has 0 saturated carbocycles. The van der Waals surface area contributed by atoms with Gasteiger partial charge in [0, 0.05) is 18.8 Å². The molecule has 1 saturated heterocycles. The van der Waals surface area contributed by atoms with Gasteiger partial charge in [0.2, 0.25) is 10.0 Å². The number of halogens is 1. The highest BCUT2D eigenvalue weighted by Gasteiger charge is 2.28. The number of nitrogens with zero attached hydrogens (tertiary/aromatic N) is 1. The van der Waals surface area contributed by atoms with Gasteiger partial charge in [-0.1, -0.05) is 29.8 Å². The van der Waals surface area contributed by atoms with Crippen LogP contribution in [0.5, 0.6) is 5.75 Å². The van der Waals surface area contributed by atoms with Gasteiger partial charge in [-0.15, -0.1) is 0 Å². The lowest BCUT2D eigenvalue weighted by molar-refractivity contribution is -0.118. The van der Waals surface area contributed by atoms with Crippen LogP contribution in [0, 0.1) is 6.92 Å². The molecule has 0 aromatic heterocycles. The van der Waals surface area contributed by atoms with Crippen LogP contribution in [0.1, 0.15) is 5.56 Å². The van der Waals surface area contributed by atoms with Crippen molar-refractivity contribution in [2.75, 3.05) is 38.2 Å². The normalized spacial score (nSPS) is 15.2. The average molecular weight is 425 g/mol. The van der Waals surface area contributed by atoms with E-state index in [1.54, 1.807) is 12.1 Å². The highest BCUT2D eigenvalue weighted by Crippen LogP contribution is 2.28. The number of ether oxygens (including phenoxy) is 2. The molecule has 0 radical (unpaired) electrons. The number of anilines is 1. The zero-order valence-electron chi connectivity index (χ0n) is 15.4. The Labute approximate surface area is 169 Å². The molecule has 2 aromatic rings. The maximum Gasteiger partial charge on any atom is 0.262 e. The van der Waals surface area contributed by atoms with Crippen molar-refractivity contribution in [3.63, 3.8) is 0 Å². The number of nitrogens with one attached hydrogen (secondary N) is 1. The van der Waals surface area contributed by atoms with E-state index in [9.17, 15) is 13.2 Å². The highest BCUT2D eigenvalue weighted by molar-refractivity contribution is 7.89. The first kappa shape index (κ1) is 20.6. The van der Waals surface area contributed by atoms with Gasteiger partial charge in [0.05, 0.1) is 18.2 Å². The monoisotopic (exact) mass is 424 g/mol. The van der Waals surface area contributed by atoms with Crippen molar-refractivity contribution >= 4 is 33.2 Å². The van der Waals surface area contributed by atoms with Gasteiger partial charge >= 0.3 is 0 Å². The van der Waals surface area contributed by atoms with Crippen molar-refractivity contribution in [1.29, 1.82) is 0 Å². The second kappa shape index (κ2) is 8.91.